The topological polar surface area (TPSA) is 28.4 Å². The van der Waals surface area contributed by atoms with Gasteiger partial charge in [0.05, 0.1) is 13.1 Å². The SMILES string of the molecule is CCCC1CCCCN1Cc1cc(C)c(CNC)o1. The molecule has 108 valence electrons. The van der Waals surface area contributed by atoms with Crippen LogP contribution in [-0.4, -0.2) is 24.5 Å². The number of piperidine rings is 1. The van der Waals surface area contributed by atoms with Gasteiger partial charge in [-0.2, -0.15) is 0 Å². The summed E-state index contributed by atoms with van der Waals surface area (Å²) in [5, 5.41) is 3.16. The second-order valence-corrected chi connectivity index (χ2v) is 5.76. The average molecular weight is 264 g/mol. The summed E-state index contributed by atoms with van der Waals surface area (Å²) in [5.74, 6) is 2.22. The number of nitrogens with one attached hydrogen (secondary N) is 1. The summed E-state index contributed by atoms with van der Waals surface area (Å²) in [6.45, 7) is 7.46. The third kappa shape index (κ3) is 3.83. The molecule has 0 radical (unpaired) electrons. The second-order valence-electron chi connectivity index (χ2n) is 5.76. The highest BCUT2D eigenvalue weighted by Crippen LogP contribution is 2.24. The molecule has 1 atom stereocenters. The Bertz CT molecular complexity index is 384. The molecule has 3 nitrogen and oxygen atoms in total. The number of hydrogen-bond donors (Lipinski definition) is 1. The monoisotopic (exact) mass is 264 g/mol. The van der Waals surface area contributed by atoms with Gasteiger partial charge in [0.2, 0.25) is 0 Å². The van der Waals surface area contributed by atoms with Crippen LogP contribution < -0.4 is 5.32 Å². The van der Waals surface area contributed by atoms with Crippen molar-refractivity contribution in [2.45, 2.75) is 65.1 Å². The first-order valence-electron chi connectivity index (χ1n) is 7.71. The van der Waals surface area contributed by atoms with Crippen LogP contribution in [-0.2, 0) is 13.1 Å². The Kier molecular flexibility index (Phi) is 5.46. The molecule has 0 amide bonds. The highest BCUT2D eigenvalue weighted by Gasteiger charge is 2.22. The van der Waals surface area contributed by atoms with Gasteiger partial charge in [0, 0.05) is 6.04 Å². The zero-order valence-electron chi connectivity index (χ0n) is 12.7. The van der Waals surface area contributed by atoms with E-state index in [2.05, 4.69) is 30.1 Å². The average Bonchev–Trinajstić information content (AvgIpc) is 2.73. The van der Waals surface area contributed by atoms with Crippen molar-refractivity contribution in [2.75, 3.05) is 13.6 Å². The van der Waals surface area contributed by atoms with E-state index >= 15 is 0 Å². The smallest absolute Gasteiger partial charge is 0.120 e. The van der Waals surface area contributed by atoms with Crippen molar-refractivity contribution in [3.63, 3.8) is 0 Å². The third-order valence-corrected chi connectivity index (χ3v) is 4.14. The summed E-state index contributed by atoms with van der Waals surface area (Å²) in [6.07, 6.45) is 6.69. The van der Waals surface area contributed by atoms with Crippen molar-refractivity contribution in [2.24, 2.45) is 0 Å². The third-order valence-electron chi connectivity index (χ3n) is 4.14. The number of nitrogens with zero attached hydrogens (tertiary/aromatic N) is 1. The summed E-state index contributed by atoms with van der Waals surface area (Å²) in [7, 11) is 1.96. The fourth-order valence-corrected chi connectivity index (χ4v) is 3.13. The molecule has 2 heterocycles. The lowest BCUT2D eigenvalue weighted by atomic mass is 9.98. The molecule has 1 aromatic heterocycles. The molecular formula is C16H28N2O. The molecular weight excluding hydrogens is 236 g/mol. The predicted octanol–water partition coefficient (Wildman–Crippen LogP) is 3.46. The number of hydrogen-bond acceptors (Lipinski definition) is 3. The molecule has 1 N–H and O–H groups in total. The van der Waals surface area contributed by atoms with Crippen LogP contribution in [0.2, 0.25) is 0 Å². The van der Waals surface area contributed by atoms with Gasteiger partial charge in [-0.3, -0.25) is 4.90 Å². The summed E-state index contributed by atoms with van der Waals surface area (Å²) in [6, 6.07) is 2.97. The van der Waals surface area contributed by atoms with E-state index in [1.165, 1.54) is 44.2 Å². The van der Waals surface area contributed by atoms with Crippen molar-refractivity contribution in [1.29, 1.82) is 0 Å². The highest BCUT2D eigenvalue weighted by atomic mass is 16.3. The fraction of sp³-hybridized carbons (Fsp3) is 0.750. The van der Waals surface area contributed by atoms with Gasteiger partial charge >= 0.3 is 0 Å². The highest BCUT2D eigenvalue weighted by molar-refractivity contribution is 5.20. The van der Waals surface area contributed by atoms with E-state index in [0.29, 0.717) is 0 Å². The maximum atomic E-state index is 5.98. The lowest BCUT2D eigenvalue weighted by molar-refractivity contribution is 0.121. The minimum absolute atomic E-state index is 0.761. The Labute approximate surface area is 117 Å². The van der Waals surface area contributed by atoms with E-state index in [9.17, 15) is 0 Å². The normalized spacial score (nSPS) is 20.9. The summed E-state index contributed by atoms with van der Waals surface area (Å²) in [5.41, 5.74) is 1.27. The van der Waals surface area contributed by atoms with Gasteiger partial charge in [0.1, 0.15) is 11.5 Å². The van der Waals surface area contributed by atoms with Crippen LogP contribution >= 0.6 is 0 Å². The van der Waals surface area contributed by atoms with Crippen LogP contribution in [0.4, 0.5) is 0 Å². The molecule has 3 heteroatoms. The number of likely N-dealkylation sites (tertiary alicyclic amines) is 1. The predicted molar refractivity (Wildman–Crippen MR) is 79.2 cm³/mol. The maximum Gasteiger partial charge on any atom is 0.120 e. The van der Waals surface area contributed by atoms with Crippen molar-refractivity contribution < 1.29 is 4.42 Å². The van der Waals surface area contributed by atoms with Crippen LogP contribution in [0.15, 0.2) is 10.5 Å². The molecule has 0 aliphatic carbocycles. The molecule has 19 heavy (non-hydrogen) atoms. The number of aryl methyl sites for hydroxylation is 1. The van der Waals surface area contributed by atoms with Crippen LogP contribution in [0.25, 0.3) is 0 Å². The van der Waals surface area contributed by atoms with Crippen LogP contribution in [0, 0.1) is 6.92 Å². The molecule has 1 aromatic rings. The Morgan fingerprint density at radius 1 is 1.42 bits per heavy atom. The van der Waals surface area contributed by atoms with Crippen molar-refractivity contribution in [3.8, 4) is 0 Å². The lowest BCUT2D eigenvalue weighted by Crippen LogP contribution is -2.38. The van der Waals surface area contributed by atoms with Crippen molar-refractivity contribution in [1.82, 2.24) is 10.2 Å². The van der Waals surface area contributed by atoms with Crippen LogP contribution in [0.3, 0.4) is 0 Å². The molecule has 1 unspecified atom stereocenters. The largest absolute Gasteiger partial charge is 0.463 e. The molecule has 1 aliphatic heterocycles. The van der Waals surface area contributed by atoms with Crippen molar-refractivity contribution in [3.05, 3.63) is 23.2 Å². The fourth-order valence-electron chi connectivity index (χ4n) is 3.13. The van der Waals surface area contributed by atoms with Crippen molar-refractivity contribution >= 4 is 0 Å². The summed E-state index contributed by atoms with van der Waals surface area (Å²) < 4.78 is 5.98. The van der Waals surface area contributed by atoms with Gasteiger partial charge in [0.15, 0.2) is 0 Å². The first-order valence-corrected chi connectivity index (χ1v) is 7.71. The van der Waals surface area contributed by atoms with Crippen LogP contribution in [0.1, 0.15) is 56.1 Å². The Balaban J connectivity index is 2.00. The van der Waals surface area contributed by atoms with Gasteiger partial charge in [-0.25, -0.2) is 0 Å². The lowest BCUT2D eigenvalue weighted by Gasteiger charge is -2.35. The molecule has 1 fully saturated rings. The first-order chi connectivity index (χ1) is 9.24. The Morgan fingerprint density at radius 3 is 3.00 bits per heavy atom. The van der Waals surface area contributed by atoms with Gasteiger partial charge < -0.3 is 9.73 Å². The minimum Gasteiger partial charge on any atom is -0.463 e. The summed E-state index contributed by atoms with van der Waals surface area (Å²) >= 11 is 0. The quantitative estimate of drug-likeness (QED) is 0.853. The van der Waals surface area contributed by atoms with E-state index in [4.69, 9.17) is 4.42 Å². The minimum atomic E-state index is 0.761. The van der Waals surface area contributed by atoms with Gasteiger partial charge in [0.25, 0.3) is 0 Å². The summed E-state index contributed by atoms with van der Waals surface area (Å²) in [4.78, 5) is 2.62. The standard InChI is InChI=1S/C16H28N2O/c1-4-7-14-8-5-6-9-18(14)12-15-10-13(2)16(19-15)11-17-3/h10,14,17H,4-9,11-12H2,1-3H3. The molecule has 1 aliphatic rings. The molecule has 0 spiro atoms. The molecule has 2 rings (SSSR count). The van der Waals surface area contributed by atoms with E-state index in [1.54, 1.807) is 0 Å². The zero-order chi connectivity index (χ0) is 13.7. The maximum absolute atomic E-state index is 5.98. The van der Waals surface area contributed by atoms with Gasteiger partial charge in [-0.15, -0.1) is 0 Å². The number of furan rings is 1. The molecule has 1 saturated heterocycles. The van der Waals surface area contributed by atoms with E-state index in [1.807, 2.05) is 7.05 Å². The first kappa shape index (κ1) is 14.6. The van der Waals surface area contributed by atoms with Gasteiger partial charge in [-0.1, -0.05) is 19.8 Å². The second kappa shape index (κ2) is 7.11. The zero-order valence-corrected chi connectivity index (χ0v) is 12.7. The van der Waals surface area contributed by atoms with E-state index in [0.717, 1.165) is 30.7 Å². The Hall–Kier alpha value is -0.800. The number of rotatable bonds is 6. The van der Waals surface area contributed by atoms with Gasteiger partial charge in [-0.05, 0) is 51.4 Å². The van der Waals surface area contributed by atoms with E-state index in [-0.39, 0.29) is 0 Å². The molecule has 0 aromatic carbocycles. The Morgan fingerprint density at radius 2 is 2.26 bits per heavy atom. The molecule has 0 bridgehead atoms. The van der Waals surface area contributed by atoms with Crippen LogP contribution in [0.5, 0.6) is 0 Å². The van der Waals surface area contributed by atoms with E-state index < -0.39 is 0 Å². The molecule has 0 saturated carbocycles.